The van der Waals surface area contributed by atoms with E-state index >= 15 is 0 Å². The number of benzene rings is 1. The molecule has 126 valence electrons. The van der Waals surface area contributed by atoms with Crippen molar-refractivity contribution in [1.29, 1.82) is 0 Å². The fourth-order valence-corrected chi connectivity index (χ4v) is 2.98. The van der Waals surface area contributed by atoms with Crippen molar-refractivity contribution in [3.05, 3.63) is 36.7 Å². The summed E-state index contributed by atoms with van der Waals surface area (Å²) in [6, 6.07) is 9.50. The summed E-state index contributed by atoms with van der Waals surface area (Å²) in [6.07, 6.45) is 3.43. The highest BCUT2D eigenvalue weighted by molar-refractivity contribution is 5.94. The Morgan fingerprint density at radius 2 is 2.17 bits per heavy atom. The molecule has 24 heavy (non-hydrogen) atoms. The number of piperidine rings is 1. The van der Waals surface area contributed by atoms with Gasteiger partial charge in [-0.25, -0.2) is 9.97 Å². The van der Waals surface area contributed by atoms with Gasteiger partial charge in [0.15, 0.2) is 0 Å². The lowest BCUT2D eigenvalue weighted by Crippen LogP contribution is -2.41. The quantitative estimate of drug-likeness (QED) is 0.932. The first-order chi connectivity index (χ1) is 11.7. The molecule has 0 saturated carbocycles. The molecule has 1 aliphatic heterocycles. The molecule has 1 aliphatic rings. The lowest BCUT2D eigenvalue weighted by molar-refractivity contribution is -0.122. The smallest absolute Gasteiger partial charge is 0.232 e. The summed E-state index contributed by atoms with van der Waals surface area (Å²) in [4.78, 5) is 22.9. The second-order valence-corrected chi connectivity index (χ2v) is 5.90. The first-order valence-electron chi connectivity index (χ1n) is 8.14. The average Bonchev–Trinajstić information content (AvgIpc) is 2.67. The first-order valence-corrected chi connectivity index (χ1v) is 8.14. The second kappa shape index (κ2) is 7.40. The van der Waals surface area contributed by atoms with Crippen LogP contribution in [0.1, 0.15) is 12.8 Å². The summed E-state index contributed by atoms with van der Waals surface area (Å²) < 4.78 is 5.39. The van der Waals surface area contributed by atoms with E-state index < -0.39 is 0 Å². The Kier molecular flexibility index (Phi) is 5.05. The number of hydrogen-bond acceptors (Lipinski definition) is 5. The molecule has 1 N–H and O–H groups in total. The second-order valence-electron chi connectivity index (χ2n) is 5.90. The van der Waals surface area contributed by atoms with Gasteiger partial charge in [0.25, 0.3) is 0 Å². The molecule has 6 nitrogen and oxygen atoms in total. The molecule has 1 saturated heterocycles. The summed E-state index contributed by atoms with van der Waals surface area (Å²) in [7, 11) is 3.40. The molecule has 2 heterocycles. The van der Waals surface area contributed by atoms with E-state index in [1.54, 1.807) is 19.1 Å². The molecular weight excluding hydrogens is 304 g/mol. The van der Waals surface area contributed by atoms with Crippen LogP contribution >= 0.6 is 0 Å². The molecule has 2 aromatic rings. The minimum absolute atomic E-state index is 0.00780. The van der Waals surface area contributed by atoms with Crippen molar-refractivity contribution in [2.75, 3.05) is 32.1 Å². The fraction of sp³-hybridized carbons (Fsp3) is 0.389. The van der Waals surface area contributed by atoms with Gasteiger partial charge in [0.1, 0.15) is 17.9 Å². The first kappa shape index (κ1) is 16.4. The number of methoxy groups -OCH3 is 1. The van der Waals surface area contributed by atoms with Crippen molar-refractivity contribution in [2.45, 2.75) is 12.8 Å². The number of carbonyl (C=O) groups excluding carboxylic acids is 1. The van der Waals surface area contributed by atoms with E-state index in [2.05, 4.69) is 15.3 Å². The van der Waals surface area contributed by atoms with Crippen molar-refractivity contribution in [3.8, 4) is 17.0 Å². The van der Waals surface area contributed by atoms with Gasteiger partial charge in [-0.15, -0.1) is 0 Å². The summed E-state index contributed by atoms with van der Waals surface area (Å²) >= 11 is 0. The highest BCUT2D eigenvalue weighted by Gasteiger charge is 2.25. The number of amides is 1. The van der Waals surface area contributed by atoms with Crippen molar-refractivity contribution in [1.82, 2.24) is 15.3 Å². The molecular formula is C18H22N4O2. The summed E-state index contributed by atoms with van der Waals surface area (Å²) in [6.45, 7) is 1.71. The highest BCUT2D eigenvalue weighted by Crippen LogP contribution is 2.29. The van der Waals surface area contributed by atoms with Gasteiger partial charge in [0.05, 0.1) is 18.7 Å². The van der Waals surface area contributed by atoms with Crippen LogP contribution in [-0.4, -0.2) is 43.1 Å². The summed E-state index contributed by atoms with van der Waals surface area (Å²) in [5, 5.41) is 3.28. The zero-order valence-electron chi connectivity index (χ0n) is 14.0. The van der Waals surface area contributed by atoms with Gasteiger partial charge in [-0.3, -0.25) is 9.69 Å². The molecule has 1 fully saturated rings. The van der Waals surface area contributed by atoms with E-state index in [1.807, 2.05) is 30.3 Å². The maximum atomic E-state index is 12.7. The Morgan fingerprint density at radius 3 is 2.92 bits per heavy atom. The number of carbonyl (C=O) groups is 1. The van der Waals surface area contributed by atoms with Crippen molar-refractivity contribution in [2.24, 2.45) is 5.92 Å². The zero-order chi connectivity index (χ0) is 16.9. The lowest BCUT2D eigenvalue weighted by atomic mass is 9.98. The standard InChI is InChI=1S/C18H22N4O2/c1-22(18(23)13-6-5-9-19-11-13)17-10-15(20-12-21-17)14-7-3-4-8-16(14)24-2/h3-4,7-8,10,12-13,19H,5-6,9,11H2,1-2H3. The SMILES string of the molecule is COc1ccccc1-c1cc(N(C)C(=O)C2CCCNC2)ncn1. The van der Waals surface area contributed by atoms with Crippen LogP contribution in [0.2, 0.25) is 0 Å². The number of anilines is 1. The number of aromatic nitrogens is 2. The van der Waals surface area contributed by atoms with Gasteiger partial charge in [0, 0.05) is 25.2 Å². The molecule has 1 atom stereocenters. The van der Waals surface area contributed by atoms with E-state index in [-0.39, 0.29) is 11.8 Å². The van der Waals surface area contributed by atoms with Crippen molar-refractivity contribution in [3.63, 3.8) is 0 Å². The maximum Gasteiger partial charge on any atom is 0.232 e. The number of para-hydroxylation sites is 1. The molecule has 3 rings (SSSR count). The monoisotopic (exact) mass is 326 g/mol. The van der Waals surface area contributed by atoms with Crippen LogP contribution in [0, 0.1) is 5.92 Å². The Labute approximate surface area is 141 Å². The molecule has 1 unspecified atom stereocenters. The van der Waals surface area contributed by atoms with Crippen LogP contribution < -0.4 is 15.0 Å². The van der Waals surface area contributed by atoms with Crippen LogP contribution in [0.4, 0.5) is 5.82 Å². The van der Waals surface area contributed by atoms with Crippen molar-refractivity contribution < 1.29 is 9.53 Å². The summed E-state index contributed by atoms with van der Waals surface area (Å²) in [5.74, 6) is 1.44. The third-order valence-electron chi connectivity index (χ3n) is 4.36. The predicted molar refractivity (Wildman–Crippen MR) is 93.0 cm³/mol. The van der Waals surface area contributed by atoms with Crippen molar-refractivity contribution >= 4 is 11.7 Å². The molecule has 0 aliphatic carbocycles. The largest absolute Gasteiger partial charge is 0.496 e. The maximum absolute atomic E-state index is 12.7. The Morgan fingerprint density at radius 1 is 1.33 bits per heavy atom. The normalized spacial score (nSPS) is 17.3. The van der Waals surface area contributed by atoms with Crippen LogP contribution in [0.25, 0.3) is 11.3 Å². The van der Waals surface area contributed by atoms with Gasteiger partial charge in [0.2, 0.25) is 5.91 Å². The highest BCUT2D eigenvalue weighted by atomic mass is 16.5. The van der Waals surface area contributed by atoms with Crippen LogP contribution in [0.5, 0.6) is 5.75 Å². The van der Waals surface area contributed by atoms with E-state index in [0.717, 1.165) is 42.9 Å². The van der Waals surface area contributed by atoms with Crippen LogP contribution in [0.3, 0.4) is 0 Å². The molecule has 1 amide bonds. The minimum atomic E-state index is 0.00780. The zero-order valence-corrected chi connectivity index (χ0v) is 14.0. The molecule has 1 aromatic heterocycles. The molecule has 0 spiro atoms. The summed E-state index contributed by atoms with van der Waals surface area (Å²) in [5.41, 5.74) is 1.61. The lowest BCUT2D eigenvalue weighted by Gasteiger charge is -2.26. The van der Waals surface area contributed by atoms with E-state index in [9.17, 15) is 4.79 Å². The van der Waals surface area contributed by atoms with Crippen LogP contribution in [-0.2, 0) is 4.79 Å². The molecule has 6 heteroatoms. The number of nitrogens with zero attached hydrogens (tertiary/aromatic N) is 3. The molecule has 0 bridgehead atoms. The Hall–Kier alpha value is -2.47. The number of hydrogen-bond donors (Lipinski definition) is 1. The van der Waals surface area contributed by atoms with Gasteiger partial charge in [-0.2, -0.15) is 0 Å². The third-order valence-corrected chi connectivity index (χ3v) is 4.36. The minimum Gasteiger partial charge on any atom is -0.496 e. The third kappa shape index (κ3) is 3.38. The average molecular weight is 326 g/mol. The van der Waals surface area contributed by atoms with Gasteiger partial charge < -0.3 is 10.1 Å². The number of ether oxygens (including phenoxy) is 1. The number of nitrogens with one attached hydrogen (secondary N) is 1. The van der Waals surface area contributed by atoms with Crippen LogP contribution in [0.15, 0.2) is 36.7 Å². The fourth-order valence-electron chi connectivity index (χ4n) is 2.98. The predicted octanol–water partition coefficient (Wildman–Crippen LogP) is 2.11. The Balaban J connectivity index is 1.85. The topological polar surface area (TPSA) is 67.3 Å². The van der Waals surface area contributed by atoms with Gasteiger partial charge in [-0.1, -0.05) is 12.1 Å². The van der Waals surface area contributed by atoms with E-state index in [4.69, 9.17) is 4.74 Å². The van der Waals surface area contributed by atoms with Gasteiger partial charge >= 0.3 is 0 Å². The Bertz CT molecular complexity index is 714. The van der Waals surface area contributed by atoms with Gasteiger partial charge in [-0.05, 0) is 31.5 Å². The molecule has 0 radical (unpaired) electrons. The number of rotatable bonds is 4. The van der Waals surface area contributed by atoms with E-state index in [1.165, 1.54) is 6.33 Å². The molecule has 1 aromatic carbocycles. The van der Waals surface area contributed by atoms with E-state index in [0.29, 0.717) is 5.82 Å².